The summed E-state index contributed by atoms with van der Waals surface area (Å²) in [5.41, 5.74) is 7.20. The van der Waals surface area contributed by atoms with Crippen molar-refractivity contribution in [3.05, 3.63) is 16.6 Å². The van der Waals surface area contributed by atoms with E-state index in [1.807, 2.05) is 0 Å². The molecule has 0 saturated carbocycles. The van der Waals surface area contributed by atoms with Gasteiger partial charge in [0.25, 0.3) is 0 Å². The van der Waals surface area contributed by atoms with Crippen LogP contribution in [0.1, 0.15) is 23.8 Å². The first kappa shape index (κ1) is 11.0. The summed E-state index contributed by atoms with van der Waals surface area (Å²) in [6.45, 7) is 1.77. The predicted octanol–water partition coefficient (Wildman–Crippen LogP) is 0.932. The minimum atomic E-state index is -0.546. The molecule has 1 aliphatic heterocycles. The quantitative estimate of drug-likeness (QED) is 0.807. The van der Waals surface area contributed by atoms with E-state index in [4.69, 9.17) is 10.5 Å². The van der Waals surface area contributed by atoms with Crippen LogP contribution < -0.4 is 5.73 Å². The van der Waals surface area contributed by atoms with Crippen LogP contribution in [-0.2, 0) is 4.74 Å². The van der Waals surface area contributed by atoms with Crippen LogP contribution in [0.3, 0.4) is 0 Å². The monoisotopic (exact) mass is 228 g/mol. The number of hydrogen-bond acceptors (Lipinski definition) is 5. The maximum absolute atomic E-state index is 10.3. The molecule has 2 atom stereocenters. The van der Waals surface area contributed by atoms with Gasteiger partial charge in [-0.15, -0.1) is 11.3 Å². The predicted molar refractivity (Wildman–Crippen MR) is 58.6 cm³/mol. The summed E-state index contributed by atoms with van der Waals surface area (Å²) in [5, 5.41) is 10.3. The third kappa shape index (κ3) is 2.06. The fraction of sp³-hybridized carbons (Fsp3) is 0.700. The molecule has 0 radical (unpaired) electrons. The highest BCUT2D eigenvalue weighted by Crippen LogP contribution is 2.40. The molecule has 0 bridgehead atoms. The molecule has 84 valence electrons. The summed E-state index contributed by atoms with van der Waals surface area (Å²) >= 11 is 1.47. The molecular formula is C10H16N2O2S. The van der Waals surface area contributed by atoms with E-state index >= 15 is 0 Å². The van der Waals surface area contributed by atoms with Crippen molar-refractivity contribution < 1.29 is 9.84 Å². The molecule has 1 fully saturated rings. The van der Waals surface area contributed by atoms with Gasteiger partial charge in [-0.2, -0.15) is 0 Å². The fourth-order valence-corrected chi connectivity index (χ4v) is 2.77. The summed E-state index contributed by atoms with van der Waals surface area (Å²) in [4.78, 5) is 4.86. The van der Waals surface area contributed by atoms with Gasteiger partial charge in [0, 0.05) is 24.8 Å². The molecule has 3 N–H and O–H groups in total. The number of aromatic nitrogens is 1. The van der Waals surface area contributed by atoms with Gasteiger partial charge in [0.15, 0.2) is 0 Å². The smallest absolute Gasteiger partial charge is 0.0988 e. The van der Waals surface area contributed by atoms with Gasteiger partial charge in [-0.25, -0.2) is 0 Å². The molecule has 2 unspecified atom stereocenters. The van der Waals surface area contributed by atoms with Crippen LogP contribution in [0.25, 0.3) is 0 Å². The fourth-order valence-electron chi connectivity index (χ4n) is 2.02. The minimum absolute atomic E-state index is 0.315. The number of aliphatic hydroxyl groups excluding tert-OH is 1. The SMILES string of the molecule is NCC1(C(O)c2cncs2)CCCOC1. The van der Waals surface area contributed by atoms with Crippen LogP contribution in [0.5, 0.6) is 0 Å². The van der Waals surface area contributed by atoms with Gasteiger partial charge in [0.1, 0.15) is 0 Å². The Bertz CT molecular complexity index is 296. The molecule has 5 heteroatoms. The Hall–Kier alpha value is -0.490. The summed E-state index contributed by atoms with van der Waals surface area (Å²) in [6.07, 6.45) is 3.05. The van der Waals surface area contributed by atoms with Crippen molar-refractivity contribution in [3.8, 4) is 0 Å². The highest BCUT2D eigenvalue weighted by atomic mass is 32.1. The number of rotatable bonds is 3. The zero-order valence-corrected chi connectivity index (χ0v) is 9.37. The minimum Gasteiger partial charge on any atom is -0.387 e. The zero-order chi connectivity index (χ0) is 10.7. The molecule has 2 rings (SSSR count). The summed E-state index contributed by atoms with van der Waals surface area (Å²) in [7, 11) is 0. The molecule has 1 aromatic heterocycles. The number of ether oxygens (including phenoxy) is 1. The van der Waals surface area contributed by atoms with Crippen LogP contribution in [0, 0.1) is 5.41 Å². The first-order valence-electron chi connectivity index (χ1n) is 5.13. The Morgan fingerprint density at radius 3 is 3.13 bits per heavy atom. The lowest BCUT2D eigenvalue weighted by atomic mass is 9.77. The number of nitrogens with zero attached hydrogens (tertiary/aromatic N) is 1. The second-order valence-electron chi connectivity index (χ2n) is 4.03. The molecular weight excluding hydrogens is 212 g/mol. The summed E-state index contributed by atoms with van der Waals surface area (Å²) in [6, 6.07) is 0. The average Bonchev–Trinajstić information content (AvgIpc) is 2.82. The van der Waals surface area contributed by atoms with Gasteiger partial charge in [0.2, 0.25) is 0 Å². The van der Waals surface area contributed by atoms with Gasteiger partial charge >= 0.3 is 0 Å². The van der Waals surface area contributed by atoms with Crippen LogP contribution in [0.4, 0.5) is 0 Å². The van der Waals surface area contributed by atoms with Crippen LogP contribution >= 0.6 is 11.3 Å². The third-order valence-corrected chi connectivity index (χ3v) is 3.89. The van der Waals surface area contributed by atoms with E-state index < -0.39 is 6.10 Å². The van der Waals surface area contributed by atoms with E-state index in [2.05, 4.69) is 4.98 Å². The lowest BCUT2D eigenvalue weighted by molar-refractivity contribution is -0.0769. The lowest BCUT2D eigenvalue weighted by Crippen LogP contribution is -2.43. The zero-order valence-electron chi connectivity index (χ0n) is 8.56. The molecule has 2 heterocycles. The molecule has 0 aromatic carbocycles. The lowest BCUT2D eigenvalue weighted by Gasteiger charge is -2.39. The second-order valence-corrected chi connectivity index (χ2v) is 4.95. The molecule has 1 aromatic rings. The van der Waals surface area contributed by atoms with Crippen molar-refractivity contribution in [1.82, 2.24) is 4.98 Å². The molecule has 1 aliphatic rings. The normalized spacial score (nSPS) is 28.9. The third-order valence-electron chi connectivity index (χ3n) is 3.06. The second kappa shape index (κ2) is 4.57. The van der Waals surface area contributed by atoms with Crippen molar-refractivity contribution in [2.45, 2.75) is 18.9 Å². The average molecular weight is 228 g/mol. The Balaban J connectivity index is 2.18. The summed E-state index contributed by atoms with van der Waals surface area (Å²) < 4.78 is 5.44. The van der Waals surface area contributed by atoms with Crippen LogP contribution in [-0.4, -0.2) is 29.8 Å². The first-order valence-corrected chi connectivity index (χ1v) is 6.01. The van der Waals surface area contributed by atoms with Crippen molar-refractivity contribution in [2.24, 2.45) is 11.1 Å². The van der Waals surface area contributed by atoms with E-state index in [0.29, 0.717) is 13.2 Å². The molecule has 0 spiro atoms. The number of nitrogens with two attached hydrogens (primary N) is 1. The van der Waals surface area contributed by atoms with E-state index in [0.717, 1.165) is 24.3 Å². The Morgan fingerprint density at radius 2 is 2.60 bits per heavy atom. The molecule has 0 amide bonds. The van der Waals surface area contributed by atoms with E-state index in [9.17, 15) is 5.11 Å². The molecule has 4 nitrogen and oxygen atoms in total. The van der Waals surface area contributed by atoms with E-state index in [-0.39, 0.29) is 5.41 Å². The van der Waals surface area contributed by atoms with Crippen molar-refractivity contribution in [2.75, 3.05) is 19.8 Å². The summed E-state index contributed by atoms with van der Waals surface area (Å²) in [5.74, 6) is 0. The maximum atomic E-state index is 10.3. The molecule has 15 heavy (non-hydrogen) atoms. The molecule has 1 saturated heterocycles. The molecule has 0 aliphatic carbocycles. The largest absolute Gasteiger partial charge is 0.387 e. The van der Waals surface area contributed by atoms with Crippen molar-refractivity contribution in [3.63, 3.8) is 0 Å². The number of thiazole rings is 1. The van der Waals surface area contributed by atoms with Crippen molar-refractivity contribution >= 4 is 11.3 Å². The highest BCUT2D eigenvalue weighted by Gasteiger charge is 2.40. The first-order chi connectivity index (χ1) is 7.28. The number of hydrogen-bond donors (Lipinski definition) is 2. The topological polar surface area (TPSA) is 68.4 Å². The van der Waals surface area contributed by atoms with Crippen LogP contribution in [0.2, 0.25) is 0 Å². The van der Waals surface area contributed by atoms with Gasteiger partial charge < -0.3 is 15.6 Å². The Kier molecular flexibility index (Phi) is 3.35. The Labute approximate surface area is 93.1 Å². The Morgan fingerprint density at radius 1 is 1.73 bits per heavy atom. The van der Waals surface area contributed by atoms with E-state index in [1.54, 1.807) is 11.7 Å². The van der Waals surface area contributed by atoms with Crippen molar-refractivity contribution in [1.29, 1.82) is 0 Å². The number of aliphatic hydroxyl groups is 1. The van der Waals surface area contributed by atoms with E-state index in [1.165, 1.54) is 11.3 Å². The standard InChI is InChI=1S/C10H16N2O2S/c11-5-10(2-1-3-14-6-10)9(13)8-4-12-7-15-8/h4,7,9,13H,1-3,5-6,11H2. The van der Waals surface area contributed by atoms with Gasteiger partial charge in [-0.3, -0.25) is 4.98 Å². The van der Waals surface area contributed by atoms with Crippen LogP contribution in [0.15, 0.2) is 11.7 Å². The maximum Gasteiger partial charge on any atom is 0.0988 e. The van der Waals surface area contributed by atoms with Gasteiger partial charge in [0.05, 0.1) is 23.1 Å². The van der Waals surface area contributed by atoms with Gasteiger partial charge in [-0.1, -0.05) is 0 Å². The van der Waals surface area contributed by atoms with Gasteiger partial charge in [-0.05, 0) is 12.8 Å². The highest BCUT2D eigenvalue weighted by molar-refractivity contribution is 7.09.